The number of hydroxylamine groups is 1. The number of rotatable bonds is 15. The van der Waals surface area contributed by atoms with Crippen LogP contribution in [0, 0.1) is 11.7 Å². The number of aromatic nitrogens is 5. The number of hydrogen-bond donors (Lipinski definition) is 4. The number of aromatic amines is 2. The summed E-state index contributed by atoms with van der Waals surface area (Å²) >= 11 is 1.74. The van der Waals surface area contributed by atoms with Gasteiger partial charge < -0.3 is 44.1 Å². The monoisotopic (exact) mass is 947 g/mol. The molecule has 4 aliphatic rings. The van der Waals surface area contributed by atoms with Crippen LogP contribution < -0.4 is 15.5 Å². The molecular weight excluding hydrogens is 890 g/mol. The van der Waals surface area contributed by atoms with Crippen molar-refractivity contribution in [1.29, 1.82) is 0 Å². The molecule has 2 aromatic carbocycles. The van der Waals surface area contributed by atoms with Gasteiger partial charge in [0.15, 0.2) is 0 Å². The van der Waals surface area contributed by atoms with E-state index in [9.17, 15) is 14.4 Å². The molecule has 0 bridgehead atoms. The van der Waals surface area contributed by atoms with Crippen LogP contribution in [0.3, 0.4) is 0 Å². The average Bonchev–Trinajstić information content (AvgIpc) is 3.91. The minimum Gasteiger partial charge on any atom is -0.464 e. The number of carbonyl (C=O) groups excluding carboxylic acids is 3. The summed E-state index contributed by atoms with van der Waals surface area (Å²) in [5.74, 6) is 1.42. The zero-order valence-electron chi connectivity index (χ0n) is 39.0. The molecule has 10 rings (SSSR count). The molecule has 4 N–H and O–H groups in total. The minimum atomic E-state index is -0.779. The Kier molecular flexibility index (Phi) is 12.9. The van der Waals surface area contributed by atoms with E-state index in [1.165, 1.54) is 38.0 Å². The molecule has 1 aliphatic carbocycles. The van der Waals surface area contributed by atoms with E-state index in [1.54, 1.807) is 33.5 Å². The second-order valence-corrected chi connectivity index (χ2v) is 19.7. The minimum absolute atomic E-state index is 0.0499. The number of alkyl carbamates (subject to hydrolysis) is 1. The van der Waals surface area contributed by atoms with Gasteiger partial charge in [-0.15, -0.1) is 11.3 Å². The third kappa shape index (κ3) is 9.01. The fourth-order valence-corrected chi connectivity index (χ4v) is 11.6. The predicted molar refractivity (Wildman–Crippen MR) is 254 cm³/mol. The van der Waals surface area contributed by atoms with Crippen LogP contribution in [0.1, 0.15) is 105 Å². The Morgan fingerprint density at radius 1 is 0.971 bits per heavy atom. The topological polar surface area (TPSA) is 181 Å². The van der Waals surface area contributed by atoms with E-state index in [0.717, 1.165) is 39.9 Å². The SMILES string of the molecule is CCCN(Cc1ncc(-c2ccc3c(c2)cc2n3C(c3ccc(C4CC4)s3)Oc3cc(-c4cnc(C5CCCN5C(=O)CNOC)[nH]4)cc(F)c3-2)[nH]1)C(=O)C(NC(=O)OC)C1CC(C)O[C@@H](C)C1. The van der Waals surface area contributed by atoms with Crippen molar-refractivity contribution in [3.8, 4) is 39.5 Å². The molecule has 18 heteroatoms. The summed E-state index contributed by atoms with van der Waals surface area (Å²) < 4.78 is 36.7. The second-order valence-electron chi connectivity index (χ2n) is 18.5. The van der Waals surface area contributed by atoms with Crippen LogP contribution in [-0.2, 0) is 30.4 Å². The molecular formula is C50H58FN9O7S. The van der Waals surface area contributed by atoms with E-state index >= 15 is 4.39 Å². The predicted octanol–water partition coefficient (Wildman–Crippen LogP) is 8.59. The van der Waals surface area contributed by atoms with Crippen LogP contribution in [0.2, 0.25) is 0 Å². The zero-order chi connectivity index (χ0) is 47.2. The van der Waals surface area contributed by atoms with Gasteiger partial charge in [0.05, 0.1) is 84.4 Å². The molecule has 6 aromatic rings. The van der Waals surface area contributed by atoms with Crippen LogP contribution in [0.25, 0.3) is 44.7 Å². The maximum atomic E-state index is 16.8. The Morgan fingerprint density at radius 3 is 2.51 bits per heavy atom. The first-order valence-corrected chi connectivity index (χ1v) is 24.5. The van der Waals surface area contributed by atoms with Crippen LogP contribution in [0.5, 0.6) is 5.75 Å². The van der Waals surface area contributed by atoms with Crippen LogP contribution in [0.15, 0.2) is 60.9 Å². The van der Waals surface area contributed by atoms with Crippen molar-refractivity contribution in [2.75, 3.05) is 33.9 Å². The fraction of sp³-hybridized carbons (Fsp3) is 0.460. The van der Waals surface area contributed by atoms with E-state index in [0.29, 0.717) is 78.2 Å². The van der Waals surface area contributed by atoms with E-state index < -0.39 is 24.2 Å². The number of hydrogen-bond acceptors (Lipinski definition) is 11. The Morgan fingerprint density at radius 2 is 1.75 bits per heavy atom. The van der Waals surface area contributed by atoms with Gasteiger partial charge in [0.25, 0.3) is 0 Å². The summed E-state index contributed by atoms with van der Waals surface area (Å²) in [4.78, 5) is 66.8. The zero-order valence-corrected chi connectivity index (χ0v) is 39.8. The van der Waals surface area contributed by atoms with Crippen molar-refractivity contribution >= 4 is 40.1 Å². The van der Waals surface area contributed by atoms with Gasteiger partial charge in [-0.1, -0.05) is 13.0 Å². The van der Waals surface area contributed by atoms with Gasteiger partial charge in [-0.25, -0.2) is 19.2 Å². The maximum Gasteiger partial charge on any atom is 0.407 e. The lowest BCUT2D eigenvalue weighted by Gasteiger charge is -2.38. The second kappa shape index (κ2) is 19.1. The van der Waals surface area contributed by atoms with Crippen LogP contribution >= 0.6 is 11.3 Å². The van der Waals surface area contributed by atoms with Gasteiger partial charge in [-0.05, 0) is 113 Å². The molecule has 6 atom stereocenters. The highest BCUT2D eigenvalue weighted by atomic mass is 32.1. The third-order valence-corrected chi connectivity index (χ3v) is 14.9. The van der Waals surface area contributed by atoms with Crippen molar-refractivity contribution in [3.05, 3.63) is 88.1 Å². The first-order chi connectivity index (χ1) is 33.0. The average molecular weight is 948 g/mol. The standard InChI is InChI=1S/C50H58FN9O7S/c1-6-15-58(48(62)46(57-50(63)64-4)33-17-27(2)66-28(3)18-33)26-43-52-23-35(55-43)30-11-12-37-32(19-30)21-39-45-34(51)20-31(22-40(45)67-49(60(37)39)42-14-13-41(68-42)29-9-10-29)36-24-53-47(56-36)38-8-7-16-59(38)44(61)25-54-65-5/h11-14,19-24,27-29,33,38,46,49,54H,6-10,15-18,25-26H2,1-5H3,(H,52,55)(H,53,56)(H,57,63)/t27-,28?,33?,38?,46?,49?/m0/s1. The Bertz CT molecular complexity index is 2820. The highest BCUT2D eigenvalue weighted by molar-refractivity contribution is 7.12. The number of thiophene rings is 1. The van der Waals surface area contributed by atoms with Crippen LogP contribution in [0.4, 0.5) is 9.18 Å². The number of fused-ring (bicyclic) bond motifs is 5. The highest BCUT2D eigenvalue weighted by Gasteiger charge is 2.39. The Balaban J connectivity index is 0.950. The van der Waals surface area contributed by atoms with Gasteiger partial charge in [0.2, 0.25) is 18.0 Å². The molecule has 0 spiro atoms. The highest BCUT2D eigenvalue weighted by Crippen LogP contribution is 2.50. The quantitative estimate of drug-likeness (QED) is 0.0729. The number of carbonyl (C=O) groups is 3. The number of ether oxygens (including phenoxy) is 3. The number of methoxy groups -OCH3 is 1. The summed E-state index contributed by atoms with van der Waals surface area (Å²) in [6, 6.07) is 14.9. The Hall–Kier alpha value is -6.08. The van der Waals surface area contributed by atoms with Crippen molar-refractivity contribution in [1.82, 2.24) is 45.1 Å². The number of halogens is 1. The lowest BCUT2D eigenvalue weighted by atomic mass is 9.85. The first-order valence-electron chi connectivity index (χ1n) is 23.7. The Labute approximate surface area is 397 Å². The summed E-state index contributed by atoms with van der Waals surface area (Å²) in [5, 5.41) is 3.74. The number of nitrogens with zero attached hydrogens (tertiary/aromatic N) is 5. The summed E-state index contributed by atoms with van der Waals surface area (Å²) in [5.41, 5.74) is 7.44. The number of likely N-dealkylation sites (tertiary alicyclic amines) is 1. The first kappa shape index (κ1) is 45.7. The summed E-state index contributed by atoms with van der Waals surface area (Å²) in [6.07, 6.45) is 8.11. The van der Waals surface area contributed by atoms with Gasteiger partial charge in [-0.2, -0.15) is 5.48 Å². The van der Waals surface area contributed by atoms with Gasteiger partial charge >= 0.3 is 6.09 Å². The van der Waals surface area contributed by atoms with E-state index in [2.05, 4.69) is 48.5 Å². The molecule has 0 radical (unpaired) electrons. The van der Waals surface area contributed by atoms with Crippen LogP contribution in [-0.4, -0.2) is 104 Å². The summed E-state index contributed by atoms with van der Waals surface area (Å²) in [6.45, 7) is 7.36. The van der Waals surface area contributed by atoms with Crippen molar-refractivity contribution in [2.24, 2.45) is 5.92 Å². The lowest BCUT2D eigenvalue weighted by molar-refractivity contribution is -0.138. The normalized spacial score (nSPS) is 21.6. The van der Waals surface area contributed by atoms with Gasteiger partial charge in [-0.3, -0.25) is 14.2 Å². The number of H-pyrrole nitrogens is 2. The molecule has 16 nitrogen and oxygen atoms in total. The van der Waals surface area contributed by atoms with E-state index in [4.69, 9.17) is 24.0 Å². The molecule has 3 fully saturated rings. The maximum absolute atomic E-state index is 16.8. The molecule has 1 saturated carbocycles. The number of benzene rings is 2. The number of amides is 3. The molecule has 2 saturated heterocycles. The molecule has 3 aliphatic heterocycles. The molecule has 3 amide bonds. The fourth-order valence-electron chi connectivity index (χ4n) is 10.4. The molecule has 4 aromatic heterocycles. The van der Waals surface area contributed by atoms with E-state index in [1.807, 2.05) is 45.0 Å². The van der Waals surface area contributed by atoms with Crippen molar-refractivity contribution in [2.45, 2.75) is 109 Å². The van der Waals surface area contributed by atoms with Gasteiger partial charge in [0, 0.05) is 34.5 Å². The summed E-state index contributed by atoms with van der Waals surface area (Å²) in [7, 11) is 2.78. The third-order valence-electron chi connectivity index (χ3n) is 13.7. The number of nitrogens with one attached hydrogen (secondary N) is 4. The largest absolute Gasteiger partial charge is 0.464 e. The molecule has 5 unspecified atom stereocenters. The molecule has 68 heavy (non-hydrogen) atoms. The molecule has 358 valence electrons. The lowest BCUT2D eigenvalue weighted by Crippen LogP contribution is -2.54. The van der Waals surface area contributed by atoms with Crippen molar-refractivity contribution < 1.29 is 37.8 Å². The smallest absolute Gasteiger partial charge is 0.407 e. The van der Waals surface area contributed by atoms with Crippen molar-refractivity contribution in [3.63, 3.8) is 0 Å². The molecule has 7 heterocycles. The van der Waals surface area contributed by atoms with Gasteiger partial charge in [0.1, 0.15) is 35.8 Å². The number of imidazole rings is 2. The van der Waals surface area contributed by atoms with E-state index in [-0.39, 0.29) is 49.1 Å².